The summed E-state index contributed by atoms with van der Waals surface area (Å²) in [6.45, 7) is 7.37. The summed E-state index contributed by atoms with van der Waals surface area (Å²) in [5, 5.41) is 10.7. The van der Waals surface area contributed by atoms with E-state index in [-0.39, 0.29) is 25.7 Å². The summed E-state index contributed by atoms with van der Waals surface area (Å²) in [6.07, 6.45) is 77.9. The first-order chi connectivity index (χ1) is 53.0. The molecule has 0 rings (SSSR count). The average Bonchev–Trinajstić information content (AvgIpc) is 0.901. The average molecular weight is 1590 g/mol. The molecule has 5 atom stereocenters. The summed E-state index contributed by atoms with van der Waals surface area (Å²) < 4.78 is 69.0. The van der Waals surface area contributed by atoms with Gasteiger partial charge in [-0.2, -0.15) is 0 Å². The molecule has 0 bridgehead atoms. The lowest BCUT2D eigenvalue weighted by molar-refractivity contribution is -0.161. The van der Waals surface area contributed by atoms with E-state index in [0.29, 0.717) is 25.7 Å². The first-order valence-electron chi connectivity index (χ1n) is 46.6. The molecule has 0 aromatic rings. The predicted octanol–water partition coefficient (Wildman–Crippen LogP) is 27.9. The molecule has 3 N–H and O–H groups in total. The van der Waals surface area contributed by atoms with E-state index in [1.54, 1.807) is 0 Å². The van der Waals surface area contributed by atoms with Crippen LogP contribution in [-0.4, -0.2) is 96.7 Å². The molecule has 0 aromatic carbocycles. The van der Waals surface area contributed by atoms with Crippen molar-refractivity contribution in [1.29, 1.82) is 0 Å². The first kappa shape index (κ1) is 107. The van der Waals surface area contributed by atoms with E-state index in [1.165, 1.54) is 315 Å². The second kappa shape index (κ2) is 82.6. The van der Waals surface area contributed by atoms with E-state index in [2.05, 4.69) is 34.6 Å². The van der Waals surface area contributed by atoms with Crippen molar-refractivity contribution in [1.82, 2.24) is 0 Å². The molecule has 0 aliphatic heterocycles. The molecule has 0 aromatic heterocycles. The van der Waals surface area contributed by atoms with E-state index in [0.717, 1.165) is 95.8 Å². The molecule has 17 nitrogen and oxygen atoms in total. The number of esters is 4. The molecule has 0 spiro atoms. The minimum absolute atomic E-state index is 0.109. The van der Waals surface area contributed by atoms with Crippen molar-refractivity contribution >= 4 is 39.5 Å². The SMILES string of the molecule is CCCCCCCCCCCCCCCCCCCCCCCC(=O)O[C@H](COC(=O)CCCCCCCCCCCCCCCCCCCCCC)COP(=O)(O)OC[C@@H](O)COP(=O)(O)OC[C@@H](COC(=O)CCCCCCCCCCCC(C)C)OC(=O)CCCCCCCCCCCCCCCCCC. The van der Waals surface area contributed by atoms with Gasteiger partial charge in [0.2, 0.25) is 0 Å². The molecule has 19 heteroatoms. The predicted molar refractivity (Wildman–Crippen MR) is 451 cm³/mol. The lowest BCUT2D eigenvalue weighted by atomic mass is 10.0. The normalized spacial score (nSPS) is 13.7. The fourth-order valence-corrected chi connectivity index (χ4v) is 15.8. The maximum atomic E-state index is 13.2. The molecule has 648 valence electrons. The number of unbranched alkanes of at least 4 members (excludes halogenated alkanes) is 62. The molecule has 0 saturated carbocycles. The minimum Gasteiger partial charge on any atom is -0.462 e. The highest BCUT2D eigenvalue weighted by atomic mass is 31.2. The van der Waals surface area contributed by atoms with E-state index in [4.69, 9.17) is 37.0 Å². The number of carbonyl (C=O) groups excluding carboxylic acids is 4. The Kier molecular flexibility index (Phi) is 81.1. The van der Waals surface area contributed by atoms with Crippen LogP contribution in [0.2, 0.25) is 0 Å². The molecule has 109 heavy (non-hydrogen) atoms. The number of aliphatic hydroxyl groups is 1. The third-order valence-corrected chi connectivity index (χ3v) is 23.2. The van der Waals surface area contributed by atoms with Crippen LogP contribution in [0.25, 0.3) is 0 Å². The Bertz CT molecular complexity index is 2070. The molecule has 0 aliphatic rings. The molecule has 0 radical (unpaired) electrons. The number of hydrogen-bond acceptors (Lipinski definition) is 15. The van der Waals surface area contributed by atoms with E-state index >= 15 is 0 Å². The Morgan fingerprint density at radius 3 is 0.624 bits per heavy atom. The van der Waals surface area contributed by atoms with Gasteiger partial charge in [-0.1, -0.05) is 439 Å². The third kappa shape index (κ3) is 83.8. The van der Waals surface area contributed by atoms with Crippen LogP contribution < -0.4 is 0 Å². The fourth-order valence-electron chi connectivity index (χ4n) is 14.2. The zero-order chi connectivity index (χ0) is 79.7. The van der Waals surface area contributed by atoms with Crippen LogP contribution in [0.4, 0.5) is 0 Å². The zero-order valence-corrected chi connectivity index (χ0v) is 73.5. The summed E-state index contributed by atoms with van der Waals surface area (Å²) in [4.78, 5) is 73.4. The van der Waals surface area contributed by atoms with Gasteiger partial charge in [0, 0.05) is 25.7 Å². The molecule has 0 aliphatic carbocycles. The Labute approximate surface area is 670 Å². The summed E-state index contributed by atoms with van der Waals surface area (Å²) >= 11 is 0. The minimum atomic E-state index is -4.97. The van der Waals surface area contributed by atoms with Gasteiger partial charge in [-0.3, -0.25) is 37.3 Å². The smallest absolute Gasteiger partial charge is 0.462 e. The highest BCUT2D eigenvalue weighted by molar-refractivity contribution is 7.47. The van der Waals surface area contributed by atoms with Crippen molar-refractivity contribution in [2.45, 2.75) is 509 Å². The van der Waals surface area contributed by atoms with Crippen LogP contribution in [0.1, 0.15) is 490 Å². The summed E-state index contributed by atoms with van der Waals surface area (Å²) in [5.74, 6) is -1.35. The number of carbonyl (C=O) groups is 4. The largest absolute Gasteiger partial charge is 0.472 e. The standard InChI is InChI=1S/C90H176O17P2/c1-6-9-12-15-18-21-24-27-30-33-35-37-39-41-44-47-50-55-61-66-71-76-89(94)106-85(79-100-87(92)73-68-63-58-53-48-45-43-40-38-36-34-31-28-25-22-19-16-13-10-7-2)81-104-108(96,97)102-77-84(91)78-103-109(98,99)105-82-86(80-101-88(93)74-69-64-59-56-51-52-57-62-67-72-83(4)5)107-90(95)75-70-65-60-54-49-46-42-32-29-26-23-20-17-14-11-8-3/h83-86,91H,6-82H2,1-5H3,(H,96,97)(H,98,99)/t84-,85-,86-/m1/s1. The van der Waals surface area contributed by atoms with Crippen molar-refractivity contribution in [3.05, 3.63) is 0 Å². The second-order valence-electron chi connectivity index (χ2n) is 32.8. The number of phosphoric acid groups is 2. The van der Waals surface area contributed by atoms with Crippen molar-refractivity contribution in [3.63, 3.8) is 0 Å². The van der Waals surface area contributed by atoms with Crippen LogP contribution in [-0.2, 0) is 65.4 Å². The summed E-state index contributed by atoms with van der Waals surface area (Å²) in [7, 11) is -9.93. The molecule has 0 saturated heterocycles. The van der Waals surface area contributed by atoms with Gasteiger partial charge < -0.3 is 33.8 Å². The molecular weight excluding hydrogens is 1410 g/mol. The first-order valence-corrected chi connectivity index (χ1v) is 49.6. The number of rotatable bonds is 90. The van der Waals surface area contributed by atoms with E-state index < -0.39 is 97.5 Å². The zero-order valence-electron chi connectivity index (χ0n) is 71.7. The van der Waals surface area contributed by atoms with Gasteiger partial charge in [0.05, 0.1) is 26.4 Å². The van der Waals surface area contributed by atoms with Gasteiger partial charge in [-0.25, -0.2) is 9.13 Å². The molecule has 0 heterocycles. The van der Waals surface area contributed by atoms with Gasteiger partial charge in [-0.05, 0) is 31.6 Å². The van der Waals surface area contributed by atoms with Crippen LogP contribution in [0.3, 0.4) is 0 Å². The quantitative estimate of drug-likeness (QED) is 0.0222. The Morgan fingerprint density at radius 2 is 0.422 bits per heavy atom. The third-order valence-electron chi connectivity index (χ3n) is 21.3. The highest BCUT2D eigenvalue weighted by Crippen LogP contribution is 2.45. The van der Waals surface area contributed by atoms with Crippen molar-refractivity contribution < 1.29 is 80.2 Å². The Morgan fingerprint density at radius 1 is 0.248 bits per heavy atom. The van der Waals surface area contributed by atoms with Gasteiger partial charge in [0.15, 0.2) is 12.2 Å². The van der Waals surface area contributed by atoms with E-state index in [9.17, 15) is 43.2 Å². The monoisotopic (exact) mass is 1590 g/mol. The summed E-state index contributed by atoms with van der Waals surface area (Å²) in [5.41, 5.74) is 0. The van der Waals surface area contributed by atoms with Gasteiger partial charge in [0.1, 0.15) is 19.3 Å². The van der Waals surface area contributed by atoms with Gasteiger partial charge in [0.25, 0.3) is 0 Å². The Balaban J connectivity index is 5.24. The van der Waals surface area contributed by atoms with Crippen LogP contribution in [0, 0.1) is 5.92 Å². The lowest BCUT2D eigenvalue weighted by Gasteiger charge is -2.21. The maximum Gasteiger partial charge on any atom is 0.472 e. The van der Waals surface area contributed by atoms with Crippen molar-refractivity contribution in [3.8, 4) is 0 Å². The number of aliphatic hydroxyl groups excluding tert-OH is 1. The highest BCUT2D eigenvalue weighted by Gasteiger charge is 2.31. The van der Waals surface area contributed by atoms with Gasteiger partial charge in [-0.15, -0.1) is 0 Å². The van der Waals surface area contributed by atoms with Crippen LogP contribution >= 0.6 is 15.6 Å². The van der Waals surface area contributed by atoms with E-state index in [1.807, 2.05) is 0 Å². The fraction of sp³-hybridized carbons (Fsp3) is 0.956. The van der Waals surface area contributed by atoms with Crippen LogP contribution in [0.5, 0.6) is 0 Å². The molecule has 0 amide bonds. The second-order valence-corrected chi connectivity index (χ2v) is 35.7. The number of hydrogen-bond donors (Lipinski definition) is 3. The molecule has 2 unspecified atom stereocenters. The Hall–Kier alpha value is -1.94. The number of phosphoric ester groups is 2. The van der Waals surface area contributed by atoms with Crippen molar-refractivity contribution in [2.75, 3.05) is 39.6 Å². The number of ether oxygens (including phenoxy) is 4. The molecule has 0 fully saturated rings. The lowest BCUT2D eigenvalue weighted by Crippen LogP contribution is -2.30. The van der Waals surface area contributed by atoms with Crippen molar-refractivity contribution in [2.24, 2.45) is 5.92 Å². The molecular formula is C90H176O17P2. The maximum absolute atomic E-state index is 13.2. The topological polar surface area (TPSA) is 237 Å². The van der Waals surface area contributed by atoms with Crippen LogP contribution in [0.15, 0.2) is 0 Å². The summed E-state index contributed by atoms with van der Waals surface area (Å²) in [6, 6.07) is 0. The van der Waals surface area contributed by atoms with Gasteiger partial charge >= 0.3 is 39.5 Å².